The molecule has 0 saturated heterocycles. The topological polar surface area (TPSA) is 35.0 Å². The van der Waals surface area contributed by atoms with Gasteiger partial charge in [-0.2, -0.15) is 0 Å². The van der Waals surface area contributed by atoms with E-state index in [9.17, 15) is 4.39 Å². The molecule has 3 nitrogen and oxygen atoms in total. The normalized spacial score (nSPS) is 10.8. The van der Waals surface area contributed by atoms with Gasteiger partial charge in [-0.3, -0.25) is 0 Å². The SMILES string of the molecule is Fc1cc(Br)cc(Oc2nnc(Cl)c3ccccc23)c1. The van der Waals surface area contributed by atoms with E-state index in [-0.39, 0.29) is 5.88 Å². The van der Waals surface area contributed by atoms with Crippen molar-refractivity contribution in [3.05, 3.63) is 57.9 Å². The second kappa shape index (κ2) is 5.34. The predicted octanol–water partition coefficient (Wildman–Crippen LogP) is 4.98. The Morgan fingerprint density at radius 3 is 2.55 bits per heavy atom. The van der Waals surface area contributed by atoms with Crippen molar-refractivity contribution in [2.45, 2.75) is 0 Å². The minimum Gasteiger partial charge on any atom is -0.437 e. The quantitative estimate of drug-likeness (QED) is 0.652. The van der Waals surface area contributed by atoms with Crippen LogP contribution in [0.4, 0.5) is 4.39 Å². The van der Waals surface area contributed by atoms with Gasteiger partial charge in [0.2, 0.25) is 5.88 Å². The maximum atomic E-state index is 13.3. The minimum absolute atomic E-state index is 0.280. The van der Waals surface area contributed by atoms with E-state index < -0.39 is 5.82 Å². The molecule has 0 atom stereocenters. The molecule has 0 radical (unpaired) electrons. The van der Waals surface area contributed by atoms with E-state index >= 15 is 0 Å². The molecule has 0 fully saturated rings. The van der Waals surface area contributed by atoms with Crippen molar-refractivity contribution < 1.29 is 9.13 Å². The van der Waals surface area contributed by atoms with Crippen molar-refractivity contribution >= 4 is 38.3 Å². The molecule has 0 bridgehead atoms. The molecular weight excluding hydrogens is 347 g/mol. The molecule has 0 unspecified atom stereocenters. The summed E-state index contributed by atoms with van der Waals surface area (Å²) in [7, 11) is 0. The van der Waals surface area contributed by atoms with E-state index in [0.717, 1.165) is 5.39 Å². The Balaban J connectivity index is 2.09. The van der Waals surface area contributed by atoms with Gasteiger partial charge in [0.1, 0.15) is 11.6 Å². The van der Waals surface area contributed by atoms with Gasteiger partial charge in [0, 0.05) is 21.3 Å². The minimum atomic E-state index is -0.402. The van der Waals surface area contributed by atoms with E-state index in [1.807, 2.05) is 24.3 Å². The molecule has 100 valence electrons. The van der Waals surface area contributed by atoms with Gasteiger partial charge in [0.15, 0.2) is 5.15 Å². The molecule has 1 heterocycles. The third kappa shape index (κ3) is 2.59. The van der Waals surface area contributed by atoms with Crippen molar-refractivity contribution in [1.29, 1.82) is 0 Å². The molecule has 1 aromatic heterocycles. The highest BCUT2D eigenvalue weighted by Gasteiger charge is 2.10. The summed E-state index contributed by atoms with van der Waals surface area (Å²) in [4.78, 5) is 0. The van der Waals surface area contributed by atoms with Crippen molar-refractivity contribution in [2.24, 2.45) is 0 Å². The van der Waals surface area contributed by atoms with Crippen LogP contribution in [0.3, 0.4) is 0 Å². The first kappa shape index (κ1) is 13.3. The number of fused-ring (bicyclic) bond motifs is 1. The number of nitrogens with zero attached hydrogens (tertiary/aromatic N) is 2. The fourth-order valence-corrected chi connectivity index (χ4v) is 2.47. The first-order valence-corrected chi connectivity index (χ1v) is 6.85. The molecule has 20 heavy (non-hydrogen) atoms. The van der Waals surface area contributed by atoms with Gasteiger partial charge in [-0.15, -0.1) is 10.2 Å². The lowest BCUT2D eigenvalue weighted by molar-refractivity contribution is 0.457. The second-order valence-corrected chi connectivity index (χ2v) is 5.32. The standard InChI is InChI=1S/C14H7BrClFN2O/c15-8-5-9(17)7-10(6-8)20-14-12-4-2-1-3-11(12)13(16)18-19-14/h1-7H. The van der Waals surface area contributed by atoms with Gasteiger partial charge in [-0.25, -0.2) is 4.39 Å². The molecule has 0 saturated carbocycles. The highest BCUT2D eigenvalue weighted by atomic mass is 79.9. The van der Waals surface area contributed by atoms with Crippen LogP contribution in [0.5, 0.6) is 11.6 Å². The van der Waals surface area contributed by atoms with E-state index in [2.05, 4.69) is 26.1 Å². The zero-order chi connectivity index (χ0) is 14.1. The van der Waals surface area contributed by atoms with Crippen LogP contribution < -0.4 is 4.74 Å². The number of hydrogen-bond donors (Lipinski definition) is 0. The molecule has 2 aromatic carbocycles. The summed E-state index contributed by atoms with van der Waals surface area (Å²) in [5.74, 6) is 0.210. The van der Waals surface area contributed by atoms with Crippen LogP contribution in [-0.2, 0) is 0 Å². The average molecular weight is 354 g/mol. The zero-order valence-electron chi connectivity index (χ0n) is 9.98. The second-order valence-electron chi connectivity index (χ2n) is 4.05. The number of hydrogen-bond acceptors (Lipinski definition) is 3. The molecule has 3 rings (SSSR count). The van der Waals surface area contributed by atoms with Crippen LogP contribution in [0.15, 0.2) is 46.9 Å². The van der Waals surface area contributed by atoms with E-state index in [4.69, 9.17) is 16.3 Å². The highest BCUT2D eigenvalue weighted by molar-refractivity contribution is 9.10. The Bertz CT molecular complexity index is 777. The van der Waals surface area contributed by atoms with E-state index in [0.29, 0.717) is 20.8 Å². The largest absolute Gasteiger partial charge is 0.437 e. The fourth-order valence-electron chi connectivity index (χ4n) is 1.82. The van der Waals surface area contributed by atoms with Crippen molar-refractivity contribution in [1.82, 2.24) is 10.2 Å². The molecule has 0 aliphatic carbocycles. The smallest absolute Gasteiger partial charge is 0.246 e. The molecule has 0 N–H and O–H groups in total. The average Bonchev–Trinajstić information content (AvgIpc) is 2.41. The molecule has 0 aliphatic rings. The monoisotopic (exact) mass is 352 g/mol. The molecule has 0 amide bonds. The van der Waals surface area contributed by atoms with Gasteiger partial charge < -0.3 is 4.74 Å². The molecular formula is C14H7BrClFN2O. The maximum Gasteiger partial charge on any atom is 0.246 e. The number of rotatable bonds is 2. The first-order valence-electron chi connectivity index (χ1n) is 5.68. The van der Waals surface area contributed by atoms with Gasteiger partial charge >= 0.3 is 0 Å². The van der Waals surface area contributed by atoms with Crippen LogP contribution >= 0.6 is 27.5 Å². The molecule has 0 spiro atoms. The Morgan fingerprint density at radius 2 is 1.80 bits per heavy atom. The zero-order valence-corrected chi connectivity index (χ0v) is 12.3. The molecule has 3 aromatic rings. The Kier molecular flexibility index (Phi) is 3.54. The van der Waals surface area contributed by atoms with Crippen LogP contribution in [-0.4, -0.2) is 10.2 Å². The Morgan fingerprint density at radius 1 is 1.05 bits per heavy atom. The highest BCUT2D eigenvalue weighted by Crippen LogP contribution is 2.31. The van der Waals surface area contributed by atoms with Gasteiger partial charge in [-0.1, -0.05) is 45.7 Å². The fraction of sp³-hybridized carbons (Fsp3) is 0. The summed E-state index contributed by atoms with van der Waals surface area (Å²) in [6, 6.07) is 11.6. The number of benzene rings is 2. The summed E-state index contributed by atoms with van der Waals surface area (Å²) >= 11 is 9.20. The van der Waals surface area contributed by atoms with Crippen LogP contribution in [0.25, 0.3) is 10.8 Å². The van der Waals surface area contributed by atoms with Gasteiger partial charge in [0.05, 0.1) is 0 Å². The lowest BCUT2D eigenvalue weighted by Crippen LogP contribution is -1.93. The van der Waals surface area contributed by atoms with Gasteiger partial charge in [-0.05, 0) is 18.2 Å². The summed E-state index contributed by atoms with van der Waals surface area (Å²) in [6.07, 6.45) is 0. The lowest BCUT2D eigenvalue weighted by Gasteiger charge is -2.08. The third-order valence-corrected chi connectivity index (χ3v) is 3.40. The Labute approximate surface area is 127 Å². The lowest BCUT2D eigenvalue weighted by atomic mass is 10.2. The maximum absolute atomic E-state index is 13.3. The predicted molar refractivity (Wildman–Crippen MR) is 78.7 cm³/mol. The summed E-state index contributed by atoms with van der Waals surface area (Å²) in [6.45, 7) is 0. The van der Waals surface area contributed by atoms with E-state index in [1.54, 1.807) is 6.07 Å². The number of halogens is 3. The van der Waals surface area contributed by atoms with Crippen LogP contribution in [0.2, 0.25) is 5.15 Å². The van der Waals surface area contributed by atoms with Crippen molar-refractivity contribution in [2.75, 3.05) is 0 Å². The van der Waals surface area contributed by atoms with Crippen LogP contribution in [0, 0.1) is 5.82 Å². The summed E-state index contributed by atoms with van der Waals surface area (Å²) in [5, 5.41) is 9.50. The number of aromatic nitrogens is 2. The van der Waals surface area contributed by atoms with Crippen molar-refractivity contribution in [3.8, 4) is 11.6 Å². The molecule has 6 heteroatoms. The first-order chi connectivity index (χ1) is 9.63. The van der Waals surface area contributed by atoms with Crippen molar-refractivity contribution in [3.63, 3.8) is 0 Å². The number of ether oxygens (including phenoxy) is 1. The molecule has 0 aliphatic heterocycles. The van der Waals surface area contributed by atoms with E-state index in [1.165, 1.54) is 12.1 Å². The third-order valence-electron chi connectivity index (χ3n) is 2.66. The summed E-state index contributed by atoms with van der Waals surface area (Å²) in [5.41, 5.74) is 0. The van der Waals surface area contributed by atoms with Crippen LogP contribution in [0.1, 0.15) is 0 Å². The summed E-state index contributed by atoms with van der Waals surface area (Å²) < 4.78 is 19.5. The van der Waals surface area contributed by atoms with Gasteiger partial charge in [0.25, 0.3) is 0 Å². The Hall–Kier alpha value is -1.72.